The highest BCUT2D eigenvalue weighted by Crippen LogP contribution is 2.51. The molecule has 7 heteroatoms. The lowest BCUT2D eigenvalue weighted by Gasteiger charge is -2.34. The highest BCUT2D eigenvalue weighted by atomic mass is 35.5. The van der Waals surface area contributed by atoms with Gasteiger partial charge in [0.2, 0.25) is 0 Å². The first-order valence-electron chi connectivity index (χ1n) is 8.72. The van der Waals surface area contributed by atoms with Crippen LogP contribution in [-0.2, 0) is 16.9 Å². The number of rotatable bonds is 7. The molecule has 27 heavy (non-hydrogen) atoms. The molecular formula is C20H19Cl2N3O2. The first-order chi connectivity index (χ1) is 13.1. The van der Waals surface area contributed by atoms with E-state index in [0.29, 0.717) is 34.0 Å². The Hall–Kier alpha value is -2.08. The Morgan fingerprint density at radius 2 is 1.85 bits per heavy atom. The van der Waals surface area contributed by atoms with Crippen LogP contribution in [0.1, 0.15) is 18.4 Å². The summed E-state index contributed by atoms with van der Waals surface area (Å²) in [6, 6.07) is 12.9. The van der Waals surface area contributed by atoms with E-state index in [1.54, 1.807) is 30.3 Å². The van der Waals surface area contributed by atoms with E-state index in [4.69, 9.17) is 32.7 Å². The lowest BCUT2D eigenvalue weighted by atomic mass is 9.88. The standard InChI is InChI=1S/C20H19Cl2N3O2/c1-26-20(14-2-3-14,11-25-13-23-12-24-25)18-9-8-17(10-19(18)22)27-16-6-4-15(21)5-7-16/h4-10,12-14H,2-3,11H2,1H3/t20-/m1/s1. The molecule has 0 aliphatic heterocycles. The van der Waals surface area contributed by atoms with Crippen LogP contribution in [0.5, 0.6) is 11.5 Å². The van der Waals surface area contributed by atoms with Crippen molar-refractivity contribution in [2.24, 2.45) is 5.92 Å². The van der Waals surface area contributed by atoms with E-state index in [1.165, 1.54) is 6.33 Å². The van der Waals surface area contributed by atoms with Crippen molar-refractivity contribution in [2.45, 2.75) is 25.0 Å². The van der Waals surface area contributed by atoms with Crippen LogP contribution in [0.4, 0.5) is 0 Å². The molecule has 4 rings (SSSR count). The van der Waals surface area contributed by atoms with Gasteiger partial charge in [-0.15, -0.1) is 0 Å². The molecule has 0 N–H and O–H groups in total. The van der Waals surface area contributed by atoms with Crippen LogP contribution in [0.2, 0.25) is 10.0 Å². The van der Waals surface area contributed by atoms with E-state index >= 15 is 0 Å². The Kier molecular flexibility index (Phi) is 5.08. The minimum Gasteiger partial charge on any atom is -0.457 e. The van der Waals surface area contributed by atoms with Crippen LogP contribution in [0, 0.1) is 5.92 Å². The maximum absolute atomic E-state index is 6.67. The number of halogens is 2. The summed E-state index contributed by atoms with van der Waals surface area (Å²) < 4.78 is 13.7. The number of hydrogen-bond acceptors (Lipinski definition) is 4. The first-order valence-corrected chi connectivity index (χ1v) is 9.47. The minimum absolute atomic E-state index is 0.396. The number of methoxy groups -OCH3 is 1. The van der Waals surface area contributed by atoms with Crippen molar-refractivity contribution in [1.29, 1.82) is 0 Å². The summed E-state index contributed by atoms with van der Waals surface area (Å²) >= 11 is 12.6. The SMILES string of the molecule is CO[C@@](Cn1cncn1)(c1ccc(Oc2ccc(Cl)cc2)cc1Cl)C1CC1. The Bertz CT molecular complexity index is 911. The highest BCUT2D eigenvalue weighted by molar-refractivity contribution is 6.31. The zero-order chi connectivity index (χ0) is 18.9. The molecule has 1 aromatic heterocycles. The molecule has 0 spiro atoms. The van der Waals surface area contributed by atoms with Gasteiger partial charge in [0.25, 0.3) is 0 Å². The summed E-state index contributed by atoms with van der Waals surface area (Å²) in [6.07, 6.45) is 5.42. The van der Waals surface area contributed by atoms with Crippen molar-refractivity contribution >= 4 is 23.2 Å². The van der Waals surface area contributed by atoms with Crippen LogP contribution >= 0.6 is 23.2 Å². The van der Waals surface area contributed by atoms with Crippen LogP contribution < -0.4 is 4.74 Å². The van der Waals surface area contributed by atoms with Crippen molar-refractivity contribution in [3.8, 4) is 11.5 Å². The smallest absolute Gasteiger partial charge is 0.137 e. The zero-order valence-electron chi connectivity index (χ0n) is 14.8. The molecule has 0 unspecified atom stereocenters. The predicted molar refractivity (Wildman–Crippen MR) is 104 cm³/mol. The fourth-order valence-corrected chi connectivity index (χ4v) is 3.88. The van der Waals surface area contributed by atoms with Gasteiger partial charge in [-0.1, -0.05) is 29.3 Å². The van der Waals surface area contributed by atoms with Crippen molar-refractivity contribution in [1.82, 2.24) is 14.8 Å². The third-order valence-electron chi connectivity index (χ3n) is 4.91. The Labute approximate surface area is 167 Å². The maximum Gasteiger partial charge on any atom is 0.137 e. The third kappa shape index (κ3) is 3.81. The van der Waals surface area contributed by atoms with Crippen molar-refractivity contribution < 1.29 is 9.47 Å². The molecule has 1 aliphatic carbocycles. The summed E-state index contributed by atoms with van der Waals surface area (Å²) in [7, 11) is 1.73. The molecule has 1 fully saturated rings. The fourth-order valence-electron chi connectivity index (χ4n) is 3.42. The highest BCUT2D eigenvalue weighted by Gasteiger charge is 2.48. The van der Waals surface area contributed by atoms with Crippen molar-refractivity contribution in [2.75, 3.05) is 7.11 Å². The molecule has 0 amide bonds. The molecule has 1 atom stereocenters. The first kappa shape index (κ1) is 18.3. The number of benzene rings is 2. The second kappa shape index (κ2) is 7.50. The van der Waals surface area contributed by atoms with Gasteiger partial charge in [-0.2, -0.15) is 5.10 Å². The van der Waals surface area contributed by atoms with Crippen molar-refractivity contribution in [3.05, 3.63) is 70.7 Å². The van der Waals surface area contributed by atoms with Crippen LogP contribution in [0.15, 0.2) is 55.1 Å². The summed E-state index contributed by atoms with van der Waals surface area (Å²) in [5, 5.41) is 5.51. The molecule has 0 radical (unpaired) electrons. The van der Waals surface area contributed by atoms with E-state index in [0.717, 1.165) is 18.4 Å². The Morgan fingerprint density at radius 1 is 1.11 bits per heavy atom. The predicted octanol–water partition coefficient (Wildman–Crippen LogP) is 5.33. The molecule has 2 aromatic carbocycles. The molecule has 1 saturated carbocycles. The molecule has 3 aromatic rings. The second-order valence-corrected chi connectivity index (χ2v) is 7.50. The van der Waals surface area contributed by atoms with Crippen LogP contribution in [0.25, 0.3) is 0 Å². The summed E-state index contributed by atoms with van der Waals surface area (Å²) in [4.78, 5) is 4.04. The molecule has 0 bridgehead atoms. The van der Waals surface area contributed by atoms with Gasteiger partial charge in [0.1, 0.15) is 29.8 Å². The van der Waals surface area contributed by atoms with E-state index in [1.807, 2.05) is 30.3 Å². The van der Waals surface area contributed by atoms with Gasteiger partial charge < -0.3 is 9.47 Å². The topological polar surface area (TPSA) is 49.2 Å². The molecule has 1 aliphatic rings. The molecule has 0 saturated heterocycles. The van der Waals surface area contributed by atoms with E-state index < -0.39 is 5.60 Å². The van der Waals surface area contributed by atoms with E-state index in [9.17, 15) is 0 Å². The third-order valence-corrected chi connectivity index (χ3v) is 5.48. The number of ether oxygens (including phenoxy) is 2. The molecule has 140 valence electrons. The van der Waals surface area contributed by atoms with E-state index in [2.05, 4.69) is 10.1 Å². The average Bonchev–Trinajstić information content (AvgIpc) is 3.40. The average molecular weight is 404 g/mol. The van der Waals surface area contributed by atoms with Gasteiger partial charge in [0.15, 0.2) is 0 Å². The van der Waals surface area contributed by atoms with Crippen LogP contribution in [-0.4, -0.2) is 21.9 Å². The zero-order valence-corrected chi connectivity index (χ0v) is 16.3. The lowest BCUT2D eigenvalue weighted by Crippen LogP contribution is -2.36. The Morgan fingerprint density at radius 3 is 2.44 bits per heavy atom. The second-order valence-electron chi connectivity index (χ2n) is 6.66. The molecular weight excluding hydrogens is 385 g/mol. The summed E-state index contributed by atoms with van der Waals surface area (Å²) in [6.45, 7) is 0.561. The molecule has 1 heterocycles. The van der Waals surface area contributed by atoms with Gasteiger partial charge >= 0.3 is 0 Å². The van der Waals surface area contributed by atoms with Gasteiger partial charge in [0, 0.05) is 17.7 Å². The number of hydrogen-bond donors (Lipinski definition) is 0. The van der Waals surface area contributed by atoms with Gasteiger partial charge in [-0.25, -0.2) is 9.67 Å². The van der Waals surface area contributed by atoms with Gasteiger partial charge in [-0.3, -0.25) is 0 Å². The quantitative estimate of drug-likeness (QED) is 0.534. The fraction of sp³-hybridized carbons (Fsp3) is 0.300. The van der Waals surface area contributed by atoms with Gasteiger partial charge in [-0.05, 0) is 55.2 Å². The summed E-state index contributed by atoms with van der Waals surface area (Å²) in [5.74, 6) is 1.76. The van der Waals surface area contributed by atoms with Gasteiger partial charge in [0.05, 0.1) is 11.6 Å². The largest absolute Gasteiger partial charge is 0.457 e. The van der Waals surface area contributed by atoms with Crippen molar-refractivity contribution in [3.63, 3.8) is 0 Å². The number of aromatic nitrogens is 3. The maximum atomic E-state index is 6.67. The number of nitrogens with zero attached hydrogens (tertiary/aromatic N) is 3. The van der Waals surface area contributed by atoms with E-state index in [-0.39, 0.29) is 0 Å². The molecule has 5 nitrogen and oxygen atoms in total. The van der Waals surface area contributed by atoms with Crippen LogP contribution in [0.3, 0.4) is 0 Å². The monoisotopic (exact) mass is 403 g/mol. The minimum atomic E-state index is -0.538. The lowest BCUT2D eigenvalue weighted by molar-refractivity contribution is -0.0513. The Balaban J connectivity index is 1.64. The normalized spacial score (nSPS) is 16.1. The summed E-state index contributed by atoms with van der Waals surface area (Å²) in [5.41, 5.74) is 0.400.